The highest BCUT2D eigenvalue weighted by molar-refractivity contribution is 5.92. The van der Waals surface area contributed by atoms with Gasteiger partial charge in [0.1, 0.15) is 0 Å². The van der Waals surface area contributed by atoms with E-state index in [-0.39, 0.29) is 18.0 Å². The Balaban J connectivity index is 2.09. The van der Waals surface area contributed by atoms with Gasteiger partial charge in [0.15, 0.2) is 5.96 Å². The Kier molecular flexibility index (Phi) is 2.79. The van der Waals surface area contributed by atoms with Crippen LogP contribution in [0.1, 0.15) is 33.6 Å². The van der Waals surface area contributed by atoms with E-state index in [2.05, 4.69) is 30.8 Å². The molecule has 3 rings (SSSR count). The molecular weight excluding hydrogens is 214 g/mol. The van der Waals surface area contributed by atoms with Crippen LogP contribution in [0.15, 0.2) is 9.98 Å². The van der Waals surface area contributed by atoms with Crippen molar-refractivity contribution in [3.8, 4) is 0 Å². The number of aliphatic imine (C=N–C) groups is 2. The van der Waals surface area contributed by atoms with Gasteiger partial charge in [-0.2, -0.15) is 4.99 Å². The van der Waals surface area contributed by atoms with E-state index in [9.17, 15) is 0 Å². The predicted octanol–water partition coefficient (Wildman–Crippen LogP) is 0.645. The standard InChI is InChI=1S/C12H23N5/c1-6-8-4-7(12(8,2)3)5-9(6)16-11(15)17-10(13)14/h6-9H,4-5H2,1-3H3,(H6,13,14,15,16,17)/t6-,7-,8-,9-/m1/s1. The first-order valence-corrected chi connectivity index (χ1v) is 6.25. The lowest BCUT2D eigenvalue weighted by atomic mass is 9.45. The maximum atomic E-state index is 5.70. The fourth-order valence-electron chi connectivity index (χ4n) is 3.62. The number of rotatable bonds is 1. The number of nitrogens with two attached hydrogens (primary N) is 3. The number of nitrogens with zero attached hydrogens (tertiary/aromatic N) is 2. The molecule has 96 valence electrons. The summed E-state index contributed by atoms with van der Waals surface area (Å²) in [5.74, 6) is 2.26. The SMILES string of the molecule is C[C@@H]1[C@H]2C[C@H](C[C@H]1N=C(N)N=C(N)N)C2(C)C. The molecule has 0 unspecified atom stereocenters. The third kappa shape index (κ3) is 1.98. The van der Waals surface area contributed by atoms with Crippen molar-refractivity contribution in [2.75, 3.05) is 0 Å². The molecule has 0 heterocycles. The molecule has 0 aromatic rings. The summed E-state index contributed by atoms with van der Waals surface area (Å²) in [5.41, 5.74) is 16.7. The van der Waals surface area contributed by atoms with E-state index in [0.717, 1.165) is 18.3 Å². The van der Waals surface area contributed by atoms with Crippen LogP contribution in [-0.4, -0.2) is 18.0 Å². The van der Waals surface area contributed by atoms with E-state index in [1.807, 2.05) is 0 Å². The van der Waals surface area contributed by atoms with Gasteiger partial charge in [-0.3, -0.25) is 0 Å². The zero-order valence-electron chi connectivity index (χ0n) is 10.9. The molecule has 0 aliphatic heterocycles. The van der Waals surface area contributed by atoms with Crippen LogP contribution in [0.5, 0.6) is 0 Å². The van der Waals surface area contributed by atoms with E-state index in [1.54, 1.807) is 0 Å². The first-order chi connectivity index (χ1) is 7.82. The molecule has 0 amide bonds. The molecule has 3 aliphatic carbocycles. The lowest BCUT2D eigenvalue weighted by molar-refractivity contribution is -0.108. The molecule has 3 aliphatic rings. The van der Waals surface area contributed by atoms with Crippen LogP contribution in [0.3, 0.4) is 0 Å². The molecule has 0 spiro atoms. The molecule has 5 heteroatoms. The van der Waals surface area contributed by atoms with Gasteiger partial charge in [-0.15, -0.1) is 0 Å². The summed E-state index contributed by atoms with van der Waals surface area (Å²) in [4.78, 5) is 8.23. The second-order valence-electron chi connectivity index (χ2n) is 6.05. The highest BCUT2D eigenvalue weighted by Crippen LogP contribution is 2.61. The van der Waals surface area contributed by atoms with Crippen LogP contribution in [0, 0.1) is 23.2 Å². The molecular formula is C12H23N5. The van der Waals surface area contributed by atoms with Crippen LogP contribution in [0.25, 0.3) is 0 Å². The Hall–Kier alpha value is -1.26. The smallest absolute Gasteiger partial charge is 0.218 e. The van der Waals surface area contributed by atoms with Gasteiger partial charge < -0.3 is 17.2 Å². The van der Waals surface area contributed by atoms with Crippen molar-refractivity contribution in [2.24, 2.45) is 50.4 Å². The monoisotopic (exact) mass is 237 g/mol. The molecule has 2 bridgehead atoms. The van der Waals surface area contributed by atoms with Gasteiger partial charge in [0.05, 0.1) is 6.04 Å². The largest absolute Gasteiger partial charge is 0.370 e. The van der Waals surface area contributed by atoms with Gasteiger partial charge in [0.25, 0.3) is 0 Å². The van der Waals surface area contributed by atoms with Gasteiger partial charge in [-0.05, 0) is 36.0 Å². The molecule has 5 nitrogen and oxygen atoms in total. The first-order valence-electron chi connectivity index (χ1n) is 6.25. The number of hydrogen-bond acceptors (Lipinski definition) is 1. The molecule has 4 atom stereocenters. The molecule has 0 aromatic carbocycles. The summed E-state index contributed by atoms with van der Waals surface area (Å²) in [5, 5.41) is 0. The van der Waals surface area contributed by atoms with Gasteiger partial charge in [-0.1, -0.05) is 20.8 Å². The quantitative estimate of drug-likeness (QED) is 0.460. The van der Waals surface area contributed by atoms with Crippen molar-refractivity contribution < 1.29 is 0 Å². The van der Waals surface area contributed by atoms with Gasteiger partial charge >= 0.3 is 0 Å². The summed E-state index contributed by atoms with van der Waals surface area (Å²) in [6.07, 6.45) is 2.44. The minimum absolute atomic E-state index is 0.0276. The molecule has 0 aromatic heterocycles. The van der Waals surface area contributed by atoms with Crippen LogP contribution < -0.4 is 17.2 Å². The van der Waals surface area contributed by atoms with Crippen LogP contribution >= 0.6 is 0 Å². The molecule has 3 fully saturated rings. The normalized spacial score (nSPS) is 39.4. The van der Waals surface area contributed by atoms with Gasteiger partial charge in [0, 0.05) is 0 Å². The zero-order chi connectivity index (χ0) is 12.8. The van der Waals surface area contributed by atoms with Crippen LogP contribution in [0.4, 0.5) is 0 Å². The Bertz CT molecular complexity index is 367. The summed E-state index contributed by atoms with van der Waals surface area (Å²) >= 11 is 0. The number of hydrogen-bond donors (Lipinski definition) is 3. The van der Waals surface area contributed by atoms with Crippen molar-refractivity contribution in [3.05, 3.63) is 0 Å². The maximum absolute atomic E-state index is 5.70. The summed E-state index contributed by atoms with van der Waals surface area (Å²) in [7, 11) is 0. The van der Waals surface area contributed by atoms with E-state index in [4.69, 9.17) is 17.2 Å². The minimum Gasteiger partial charge on any atom is -0.370 e. The molecule has 0 saturated heterocycles. The fraction of sp³-hybridized carbons (Fsp3) is 0.833. The topological polar surface area (TPSA) is 103 Å². The second kappa shape index (κ2) is 3.89. The maximum Gasteiger partial charge on any atom is 0.218 e. The van der Waals surface area contributed by atoms with Crippen molar-refractivity contribution in [1.29, 1.82) is 0 Å². The Morgan fingerprint density at radius 1 is 1.18 bits per heavy atom. The molecule has 17 heavy (non-hydrogen) atoms. The lowest BCUT2D eigenvalue weighted by Gasteiger charge is -2.61. The van der Waals surface area contributed by atoms with Crippen molar-refractivity contribution in [1.82, 2.24) is 0 Å². The zero-order valence-corrected chi connectivity index (χ0v) is 10.9. The Labute approximate surface area is 103 Å². The Morgan fingerprint density at radius 2 is 1.82 bits per heavy atom. The summed E-state index contributed by atoms with van der Waals surface area (Å²) in [6, 6.07) is 0.273. The highest BCUT2D eigenvalue weighted by Gasteiger charge is 2.56. The molecule has 6 N–H and O–H groups in total. The second-order valence-corrected chi connectivity index (χ2v) is 6.05. The lowest BCUT2D eigenvalue weighted by Crippen LogP contribution is -2.56. The minimum atomic E-state index is -0.0276. The summed E-state index contributed by atoms with van der Waals surface area (Å²) < 4.78 is 0. The molecule has 0 radical (unpaired) electrons. The highest BCUT2D eigenvalue weighted by atomic mass is 15.1. The third-order valence-electron chi connectivity index (χ3n) is 4.86. The Morgan fingerprint density at radius 3 is 2.29 bits per heavy atom. The van der Waals surface area contributed by atoms with Gasteiger partial charge in [0.2, 0.25) is 5.96 Å². The first kappa shape index (κ1) is 12.2. The van der Waals surface area contributed by atoms with Crippen molar-refractivity contribution in [2.45, 2.75) is 39.7 Å². The fourth-order valence-corrected chi connectivity index (χ4v) is 3.62. The van der Waals surface area contributed by atoms with Gasteiger partial charge in [-0.25, -0.2) is 4.99 Å². The number of fused-ring (bicyclic) bond motifs is 2. The number of guanidine groups is 2. The average Bonchev–Trinajstić information content (AvgIpc) is 2.18. The van der Waals surface area contributed by atoms with E-state index in [0.29, 0.717) is 11.3 Å². The summed E-state index contributed by atoms with van der Waals surface area (Å²) in [6.45, 7) is 6.99. The third-order valence-corrected chi connectivity index (χ3v) is 4.86. The van der Waals surface area contributed by atoms with Crippen molar-refractivity contribution in [3.63, 3.8) is 0 Å². The van der Waals surface area contributed by atoms with E-state index >= 15 is 0 Å². The average molecular weight is 237 g/mol. The predicted molar refractivity (Wildman–Crippen MR) is 70.4 cm³/mol. The van der Waals surface area contributed by atoms with E-state index < -0.39 is 0 Å². The van der Waals surface area contributed by atoms with Crippen LogP contribution in [-0.2, 0) is 0 Å². The van der Waals surface area contributed by atoms with E-state index in [1.165, 1.54) is 6.42 Å². The molecule has 3 saturated carbocycles. The van der Waals surface area contributed by atoms with Crippen LogP contribution in [0.2, 0.25) is 0 Å². The van der Waals surface area contributed by atoms with Crippen molar-refractivity contribution >= 4 is 11.9 Å².